The third-order valence-corrected chi connectivity index (χ3v) is 10.1. The Hall–Kier alpha value is -2.02. The number of imide groups is 1. The van der Waals surface area contributed by atoms with E-state index in [1.807, 2.05) is 12.1 Å². The molecule has 1 aliphatic heterocycles. The van der Waals surface area contributed by atoms with Gasteiger partial charge in [-0.25, -0.2) is 0 Å². The van der Waals surface area contributed by atoms with E-state index in [0.717, 1.165) is 33.9 Å². The van der Waals surface area contributed by atoms with E-state index in [0.29, 0.717) is 17.9 Å². The molecule has 2 rings (SSSR count). The van der Waals surface area contributed by atoms with Gasteiger partial charge < -0.3 is 5.11 Å². The van der Waals surface area contributed by atoms with Crippen LogP contribution in [0.25, 0.3) is 0 Å². The van der Waals surface area contributed by atoms with Crippen molar-refractivity contribution in [2.45, 2.75) is 168 Å². The SMILES string of the molecule is CCCCCCCCCCCCCCCCSCC1CC(=O)N(NC(=O)CCc2cc(C(C)(C)C)c(O)c(C(C)(C)C)c2)C1=O. The van der Waals surface area contributed by atoms with Crippen LogP contribution in [0.3, 0.4) is 0 Å². The molecule has 0 radical (unpaired) electrons. The summed E-state index contributed by atoms with van der Waals surface area (Å²) < 4.78 is 0. The minimum Gasteiger partial charge on any atom is -0.507 e. The maximum atomic E-state index is 12.9. The zero-order chi connectivity index (χ0) is 33.5. The Balaban J connectivity index is 1.65. The van der Waals surface area contributed by atoms with E-state index in [9.17, 15) is 19.5 Å². The average Bonchev–Trinajstić information content (AvgIpc) is 3.22. The number of hydrogen-bond acceptors (Lipinski definition) is 5. The van der Waals surface area contributed by atoms with Crippen molar-refractivity contribution in [3.63, 3.8) is 0 Å². The summed E-state index contributed by atoms with van der Waals surface area (Å²) in [6.45, 7) is 14.6. The van der Waals surface area contributed by atoms with Gasteiger partial charge in [-0.05, 0) is 46.1 Å². The molecule has 0 aliphatic carbocycles. The molecule has 1 aromatic rings. The summed E-state index contributed by atoms with van der Waals surface area (Å²) in [7, 11) is 0. The van der Waals surface area contributed by atoms with Crippen LogP contribution in [0.1, 0.15) is 168 Å². The number of unbranched alkanes of at least 4 members (excludes halogenated alkanes) is 13. The Kier molecular flexibility index (Phi) is 17.1. The molecule has 0 bridgehead atoms. The van der Waals surface area contributed by atoms with Crippen LogP contribution in [0.5, 0.6) is 5.75 Å². The molecule has 1 heterocycles. The lowest BCUT2D eigenvalue weighted by molar-refractivity contribution is -0.148. The Morgan fingerprint density at radius 1 is 0.822 bits per heavy atom. The Morgan fingerprint density at radius 2 is 1.29 bits per heavy atom. The number of phenolic OH excluding ortho intramolecular Hbond substituents is 1. The van der Waals surface area contributed by atoms with Crippen molar-refractivity contribution in [3.05, 3.63) is 28.8 Å². The van der Waals surface area contributed by atoms with E-state index in [-0.39, 0.29) is 47.3 Å². The number of hydrazine groups is 1. The number of carbonyl (C=O) groups excluding carboxylic acids is 3. The lowest BCUT2D eigenvalue weighted by atomic mass is 9.78. The molecule has 1 aliphatic rings. The van der Waals surface area contributed by atoms with Crippen molar-refractivity contribution in [1.82, 2.24) is 10.4 Å². The molecule has 0 spiro atoms. The number of aryl methyl sites for hydroxylation is 1. The predicted molar refractivity (Wildman–Crippen MR) is 190 cm³/mol. The molecule has 1 fully saturated rings. The maximum absolute atomic E-state index is 12.9. The van der Waals surface area contributed by atoms with Gasteiger partial charge in [0.25, 0.3) is 5.91 Å². The zero-order valence-electron chi connectivity index (χ0n) is 29.7. The van der Waals surface area contributed by atoms with Gasteiger partial charge in [-0.2, -0.15) is 16.8 Å². The molecule has 0 aromatic heterocycles. The number of aromatic hydroxyl groups is 1. The smallest absolute Gasteiger partial charge is 0.252 e. The second-order valence-electron chi connectivity index (χ2n) is 15.2. The highest BCUT2D eigenvalue weighted by atomic mass is 32.2. The lowest BCUT2D eigenvalue weighted by Gasteiger charge is -2.28. The standard InChI is InChI=1S/C38H64N2O4S/c1-8-9-10-11-12-13-14-15-16-17-18-19-20-21-24-45-28-30-27-34(42)40(36(30)44)39-33(41)23-22-29-25-31(37(2,3)4)35(43)32(26-29)38(5,6)7/h25-26,30,43H,8-24,27-28H2,1-7H3,(H,39,41). The number of nitrogens with zero attached hydrogens (tertiary/aromatic N) is 1. The fourth-order valence-electron chi connectivity index (χ4n) is 5.99. The van der Waals surface area contributed by atoms with Gasteiger partial charge in [-0.3, -0.25) is 19.8 Å². The Bertz CT molecular complexity index is 1040. The van der Waals surface area contributed by atoms with E-state index in [2.05, 4.69) is 53.9 Å². The summed E-state index contributed by atoms with van der Waals surface area (Å²) in [5, 5.41) is 11.9. The van der Waals surface area contributed by atoms with E-state index in [4.69, 9.17) is 0 Å². The first kappa shape index (κ1) is 39.2. The average molecular weight is 645 g/mol. The maximum Gasteiger partial charge on any atom is 0.252 e. The van der Waals surface area contributed by atoms with E-state index < -0.39 is 0 Å². The number of carbonyl (C=O) groups is 3. The van der Waals surface area contributed by atoms with Crippen LogP contribution in [0.2, 0.25) is 0 Å². The van der Waals surface area contributed by atoms with Crippen molar-refractivity contribution in [2.24, 2.45) is 5.92 Å². The first-order chi connectivity index (χ1) is 21.3. The van der Waals surface area contributed by atoms with Crippen molar-refractivity contribution < 1.29 is 19.5 Å². The number of amides is 3. The van der Waals surface area contributed by atoms with Crippen LogP contribution in [0.4, 0.5) is 0 Å². The first-order valence-electron chi connectivity index (χ1n) is 17.9. The molecule has 0 saturated carbocycles. The monoisotopic (exact) mass is 644 g/mol. The van der Waals surface area contributed by atoms with Gasteiger partial charge in [-0.15, -0.1) is 0 Å². The molecular weight excluding hydrogens is 580 g/mol. The van der Waals surface area contributed by atoms with Crippen LogP contribution < -0.4 is 5.43 Å². The molecule has 1 unspecified atom stereocenters. The number of hydrogen-bond donors (Lipinski definition) is 2. The fourth-order valence-corrected chi connectivity index (χ4v) is 7.11. The van der Waals surface area contributed by atoms with Gasteiger partial charge in [0.1, 0.15) is 5.75 Å². The summed E-state index contributed by atoms with van der Waals surface area (Å²) in [5.74, 6) is 0.590. The minimum atomic E-state index is -0.366. The van der Waals surface area contributed by atoms with E-state index >= 15 is 0 Å². The molecule has 45 heavy (non-hydrogen) atoms. The number of rotatable bonds is 21. The summed E-state index contributed by atoms with van der Waals surface area (Å²) in [4.78, 5) is 38.3. The molecule has 3 amide bonds. The van der Waals surface area contributed by atoms with Crippen LogP contribution in [-0.4, -0.2) is 39.3 Å². The van der Waals surface area contributed by atoms with E-state index in [1.165, 1.54) is 83.5 Å². The van der Waals surface area contributed by atoms with Gasteiger partial charge in [0, 0.05) is 18.6 Å². The van der Waals surface area contributed by atoms with Crippen LogP contribution >= 0.6 is 11.8 Å². The van der Waals surface area contributed by atoms with Gasteiger partial charge in [0.2, 0.25) is 11.8 Å². The van der Waals surface area contributed by atoms with Gasteiger partial charge in [0.05, 0.1) is 5.92 Å². The molecule has 1 atom stereocenters. The van der Waals surface area contributed by atoms with Crippen molar-refractivity contribution >= 4 is 29.5 Å². The molecule has 1 saturated heterocycles. The molecule has 256 valence electrons. The van der Waals surface area contributed by atoms with Crippen LogP contribution in [0.15, 0.2) is 12.1 Å². The molecule has 1 aromatic carbocycles. The largest absolute Gasteiger partial charge is 0.507 e. The third kappa shape index (κ3) is 14.1. The number of nitrogens with one attached hydrogen (secondary N) is 1. The second-order valence-corrected chi connectivity index (χ2v) is 16.4. The fraction of sp³-hybridized carbons (Fsp3) is 0.763. The highest BCUT2D eigenvalue weighted by Gasteiger charge is 2.39. The van der Waals surface area contributed by atoms with E-state index in [1.54, 1.807) is 11.8 Å². The first-order valence-corrected chi connectivity index (χ1v) is 19.0. The second kappa shape index (κ2) is 19.6. The Morgan fingerprint density at radius 3 is 1.76 bits per heavy atom. The number of phenols is 1. The molecule has 7 heteroatoms. The van der Waals surface area contributed by atoms with Gasteiger partial charge in [0.15, 0.2) is 0 Å². The molecule has 6 nitrogen and oxygen atoms in total. The van der Waals surface area contributed by atoms with Crippen LogP contribution in [-0.2, 0) is 31.6 Å². The van der Waals surface area contributed by atoms with Crippen LogP contribution in [0, 0.1) is 5.92 Å². The van der Waals surface area contributed by atoms with Gasteiger partial charge in [-0.1, -0.05) is 144 Å². The summed E-state index contributed by atoms with van der Waals surface area (Å²) >= 11 is 1.74. The van der Waals surface area contributed by atoms with Gasteiger partial charge >= 0.3 is 0 Å². The summed E-state index contributed by atoms with van der Waals surface area (Å²) in [6.07, 6.45) is 19.5. The number of thioether (sulfide) groups is 1. The van der Waals surface area contributed by atoms with Crippen molar-refractivity contribution in [1.29, 1.82) is 0 Å². The zero-order valence-corrected chi connectivity index (χ0v) is 30.5. The predicted octanol–water partition coefficient (Wildman–Crippen LogP) is 9.54. The van der Waals surface area contributed by atoms with Crippen molar-refractivity contribution in [2.75, 3.05) is 11.5 Å². The number of benzene rings is 1. The quantitative estimate of drug-likeness (QED) is 0.103. The summed E-state index contributed by atoms with van der Waals surface area (Å²) in [5.41, 5.74) is 4.72. The van der Waals surface area contributed by atoms with Crippen molar-refractivity contribution in [3.8, 4) is 5.75 Å². The minimum absolute atomic E-state index is 0.146. The normalized spacial score (nSPS) is 15.7. The lowest BCUT2D eigenvalue weighted by Crippen LogP contribution is -2.46. The molecule has 2 N–H and O–H groups in total. The molecular formula is C38H64N2O4S. The highest BCUT2D eigenvalue weighted by Crippen LogP contribution is 2.40. The summed E-state index contributed by atoms with van der Waals surface area (Å²) in [6, 6.07) is 3.94. The third-order valence-electron chi connectivity index (χ3n) is 8.86. The topological polar surface area (TPSA) is 86.7 Å². The highest BCUT2D eigenvalue weighted by molar-refractivity contribution is 7.99. The Labute approximate surface area is 279 Å².